The van der Waals surface area contributed by atoms with Crippen LogP contribution in [-0.4, -0.2) is 51.0 Å². The summed E-state index contributed by atoms with van der Waals surface area (Å²) in [5.41, 5.74) is 0.976. The first-order valence-electron chi connectivity index (χ1n) is 6.13. The second-order valence-electron chi connectivity index (χ2n) is 4.72. The third-order valence-electron chi connectivity index (χ3n) is 2.78. The first kappa shape index (κ1) is 14.5. The van der Waals surface area contributed by atoms with E-state index in [9.17, 15) is 4.79 Å². The van der Waals surface area contributed by atoms with Crippen molar-refractivity contribution in [3.63, 3.8) is 0 Å². The molecule has 20 heavy (non-hydrogen) atoms. The lowest BCUT2D eigenvalue weighted by Gasteiger charge is -2.08. The molecule has 0 fully saturated rings. The summed E-state index contributed by atoms with van der Waals surface area (Å²) >= 11 is 5.97. The van der Waals surface area contributed by atoms with Crippen molar-refractivity contribution >= 4 is 23.2 Å². The summed E-state index contributed by atoms with van der Waals surface area (Å²) in [4.78, 5) is 14.1. The molecule has 1 amide bonds. The van der Waals surface area contributed by atoms with Crippen LogP contribution in [-0.2, 0) is 13.6 Å². The maximum atomic E-state index is 12.0. The largest absolute Gasteiger partial charge is 0.319 e. The number of aromatic nitrogens is 4. The van der Waals surface area contributed by atoms with E-state index in [1.807, 2.05) is 14.1 Å². The van der Waals surface area contributed by atoms with E-state index in [-0.39, 0.29) is 5.91 Å². The quantitative estimate of drug-likeness (QED) is 0.896. The number of nitrogens with one attached hydrogen (secondary N) is 1. The minimum absolute atomic E-state index is 0.296. The molecule has 2 aromatic rings. The van der Waals surface area contributed by atoms with Crippen LogP contribution in [0.3, 0.4) is 0 Å². The Labute approximate surface area is 122 Å². The van der Waals surface area contributed by atoms with Crippen LogP contribution in [0.5, 0.6) is 0 Å². The van der Waals surface area contributed by atoms with E-state index >= 15 is 0 Å². The highest BCUT2D eigenvalue weighted by Crippen LogP contribution is 2.16. The van der Waals surface area contributed by atoms with Gasteiger partial charge in [0, 0.05) is 19.8 Å². The Hall–Kier alpha value is -1.86. The van der Waals surface area contributed by atoms with Crippen molar-refractivity contribution in [1.29, 1.82) is 0 Å². The monoisotopic (exact) mass is 296 g/mol. The van der Waals surface area contributed by atoms with E-state index in [2.05, 4.69) is 20.4 Å². The summed E-state index contributed by atoms with van der Waals surface area (Å²) < 4.78 is 3.22. The summed E-state index contributed by atoms with van der Waals surface area (Å²) in [6.45, 7) is 1.64. The van der Waals surface area contributed by atoms with Crippen molar-refractivity contribution in [2.75, 3.05) is 26.0 Å². The number of halogens is 1. The van der Waals surface area contributed by atoms with Crippen LogP contribution >= 0.6 is 11.6 Å². The summed E-state index contributed by atoms with van der Waals surface area (Å²) in [6.07, 6.45) is 4.83. The number of likely N-dealkylation sites (N-methyl/N-ethyl adjacent to an activating group) is 1. The number of carbonyl (C=O) groups is 1. The van der Waals surface area contributed by atoms with Crippen LogP contribution in [0.2, 0.25) is 5.15 Å². The summed E-state index contributed by atoms with van der Waals surface area (Å²) in [5.74, 6) is -0.296. The van der Waals surface area contributed by atoms with Crippen LogP contribution in [0.4, 0.5) is 5.69 Å². The van der Waals surface area contributed by atoms with Gasteiger partial charge in [-0.25, -0.2) is 0 Å². The summed E-state index contributed by atoms with van der Waals surface area (Å²) in [6, 6.07) is 0. The molecule has 8 heteroatoms. The SMILES string of the molecule is CN(C)CCn1cc(NC(=O)c2cnn(C)c2Cl)cn1. The Morgan fingerprint density at radius 3 is 2.75 bits per heavy atom. The van der Waals surface area contributed by atoms with Gasteiger partial charge >= 0.3 is 0 Å². The van der Waals surface area contributed by atoms with Crippen molar-refractivity contribution in [3.05, 3.63) is 29.3 Å². The van der Waals surface area contributed by atoms with E-state index in [4.69, 9.17) is 11.6 Å². The Kier molecular flexibility index (Phi) is 4.41. The molecule has 0 aliphatic heterocycles. The highest BCUT2D eigenvalue weighted by Gasteiger charge is 2.15. The Morgan fingerprint density at radius 1 is 1.40 bits per heavy atom. The van der Waals surface area contributed by atoms with Gasteiger partial charge in [0.2, 0.25) is 0 Å². The highest BCUT2D eigenvalue weighted by molar-refractivity contribution is 6.33. The third-order valence-corrected chi connectivity index (χ3v) is 3.23. The van der Waals surface area contributed by atoms with Gasteiger partial charge in [0.25, 0.3) is 5.91 Å². The Morgan fingerprint density at radius 2 is 2.15 bits per heavy atom. The molecule has 0 aliphatic rings. The molecule has 7 nitrogen and oxygen atoms in total. The van der Waals surface area contributed by atoms with E-state index in [1.165, 1.54) is 10.9 Å². The first-order chi connectivity index (χ1) is 9.47. The van der Waals surface area contributed by atoms with Crippen molar-refractivity contribution in [3.8, 4) is 0 Å². The smallest absolute Gasteiger partial charge is 0.260 e. The second kappa shape index (κ2) is 6.06. The zero-order valence-electron chi connectivity index (χ0n) is 11.7. The topological polar surface area (TPSA) is 68.0 Å². The molecule has 0 unspecified atom stereocenters. The molecule has 2 aromatic heterocycles. The van der Waals surface area contributed by atoms with E-state index < -0.39 is 0 Å². The van der Waals surface area contributed by atoms with Crippen LogP contribution in [0, 0.1) is 0 Å². The number of hydrogen-bond donors (Lipinski definition) is 1. The van der Waals surface area contributed by atoms with Gasteiger partial charge in [-0.2, -0.15) is 10.2 Å². The molecule has 0 aromatic carbocycles. The van der Waals surface area contributed by atoms with Crippen molar-refractivity contribution in [1.82, 2.24) is 24.5 Å². The molecule has 0 radical (unpaired) electrons. The number of carbonyl (C=O) groups excluding carboxylic acids is 1. The second-order valence-corrected chi connectivity index (χ2v) is 5.08. The zero-order valence-corrected chi connectivity index (χ0v) is 12.4. The van der Waals surface area contributed by atoms with E-state index in [1.54, 1.807) is 24.1 Å². The van der Waals surface area contributed by atoms with Gasteiger partial charge in [-0.05, 0) is 14.1 Å². The van der Waals surface area contributed by atoms with Crippen LogP contribution in [0.15, 0.2) is 18.6 Å². The van der Waals surface area contributed by atoms with Gasteiger partial charge in [-0.3, -0.25) is 14.2 Å². The lowest BCUT2D eigenvalue weighted by atomic mass is 10.3. The fourth-order valence-electron chi connectivity index (χ4n) is 1.63. The Balaban J connectivity index is 2.00. The van der Waals surface area contributed by atoms with Crippen molar-refractivity contribution in [2.45, 2.75) is 6.54 Å². The fourth-order valence-corrected chi connectivity index (χ4v) is 1.80. The molecule has 108 valence electrons. The molecule has 0 spiro atoms. The predicted octanol–water partition coefficient (Wildman–Crippen LogP) is 1.08. The van der Waals surface area contributed by atoms with Crippen molar-refractivity contribution < 1.29 is 4.79 Å². The molecule has 1 N–H and O–H groups in total. The maximum absolute atomic E-state index is 12.0. The van der Waals surface area contributed by atoms with Gasteiger partial charge in [-0.15, -0.1) is 0 Å². The van der Waals surface area contributed by atoms with Gasteiger partial charge in [-0.1, -0.05) is 11.6 Å². The fraction of sp³-hybridized carbons (Fsp3) is 0.417. The molecule has 0 saturated heterocycles. The maximum Gasteiger partial charge on any atom is 0.260 e. The average molecular weight is 297 g/mol. The number of nitrogens with zero attached hydrogens (tertiary/aromatic N) is 5. The summed E-state index contributed by atoms with van der Waals surface area (Å²) in [5, 5.41) is 11.2. The predicted molar refractivity (Wildman–Crippen MR) is 77.0 cm³/mol. The van der Waals surface area contributed by atoms with Gasteiger partial charge in [0.15, 0.2) is 0 Å². The van der Waals surface area contributed by atoms with Gasteiger partial charge in [0.1, 0.15) is 5.15 Å². The molecular weight excluding hydrogens is 280 g/mol. The van der Waals surface area contributed by atoms with Crippen LogP contribution < -0.4 is 5.32 Å². The standard InChI is InChI=1S/C12H17ClN6O/c1-17(2)4-5-19-8-9(6-15-19)16-12(20)10-7-14-18(3)11(10)13/h6-8H,4-5H2,1-3H3,(H,16,20). The lowest BCUT2D eigenvalue weighted by molar-refractivity contribution is 0.102. The molecule has 0 saturated carbocycles. The number of aryl methyl sites for hydroxylation is 1. The first-order valence-corrected chi connectivity index (χ1v) is 6.51. The summed E-state index contributed by atoms with van der Waals surface area (Å²) in [7, 11) is 5.67. The lowest BCUT2D eigenvalue weighted by Crippen LogP contribution is -2.18. The molecule has 0 bridgehead atoms. The molecule has 0 atom stereocenters. The third kappa shape index (κ3) is 3.37. The van der Waals surface area contributed by atoms with E-state index in [0.29, 0.717) is 16.4 Å². The number of anilines is 1. The number of hydrogen-bond acceptors (Lipinski definition) is 4. The molecule has 2 rings (SSSR count). The Bertz CT molecular complexity index is 603. The van der Waals surface area contributed by atoms with Crippen LogP contribution in [0.1, 0.15) is 10.4 Å². The van der Waals surface area contributed by atoms with Gasteiger partial charge < -0.3 is 10.2 Å². The van der Waals surface area contributed by atoms with Gasteiger partial charge in [0.05, 0.1) is 30.2 Å². The number of amides is 1. The average Bonchev–Trinajstić information content (AvgIpc) is 2.95. The minimum atomic E-state index is -0.296. The highest BCUT2D eigenvalue weighted by atomic mass is 35.5. The normalized spacial score (nSPS) is 11.1. The number of rotatable bonds is 5. The van der Waals surface area contributed by atoms with E-state index in [0.717, 1.165) is 13.1 Å². The molecular formula is C12H17ClN6O. The zero-order chi connectivity index (χ0) is 14.7. The minimum Gasteiger partial charge on any atom is -0.319 e. The molecule has 2 heterocycles. The van der Waals surface area contributed by atoms with Crippen LogP contribution in [0.25, 0.3) is 0 Å². The van der Waals surface area contributed by atoms with Crippen molar-refractivity contribution in [2.24, 2.45) is 7.05 Å². The molecule has 0 aliphatic carbocycles.